The minimum Gasteiger partial charge on any atom is -0.485 e. The number of furan rings is 1. The Bertz CT molecular complexity index is 1240. The summed E-state index contributed by atoms with van der Waals surface area (Å²) >= 11 is 0. The van der Waals surface area contributed by atoms with Crippen LogP contribution >= 0.6 is 0 Å². The first-order valence-corrected chi connectivity index (χ1v) is 12.4. The summed E-state index contributed by atoms with van der Waals surface area (Å²) < 4.78 is 16.9. The molecule has 4 rings (SSSR count). The molecule has 0 saturated carbocycles. The molecule has 194 valence electrons. The molecule has 2 amide bonds. The van der Waals surface area contributed by atoms with Gasteiger partial charge < -0.3 is 24.1 Å². The van der Waals surface area contributed by atoms with E-state index in [-0.39, 0.29) is 43.1 Å². The second-order valence-electron chi connectivity index (χ2n) is 8.52. The molecule has 2 aromatic carbocycles. The van der Waals surface area contributed by atoms with Crippen LogP contribution in [0.1, 0.15) is 40.5 Å². The highest BCUT2D eigenvalue weighted by Crippen LogP contribution is 2.34. The summed E-state index contributed by atoms with van der Waals surface area (Å²) in [5.41, 5.74) is 0.856. The van der Waals surface area contributed by atoms with Crippen LogP contribution in [-0.4, -0.2) is 61.9 Å². The molecular weight excluding hydrogens is 474 g/mol. The highest BCUT2D eigenvalue weighted by atomic mass is 16.5. The van der Waals surface area contributed by atoms with E-state index in [1.165, 1.54) is 4.90 Å². The Morgan fingerprint density at radius 3 is 2.59 bits per heavy atom. The number of nitrogens with zero attached hydrogens (tertiary/aromatic N) is 2. The van der Waals surface area contributed by atoms with Crippen LogP contribution in [0.25, 0.3) is 0 Å². The SMILES string of the molecule is CCN(CC)CCNC(=O)c1ccc(CN2C(=O)COc3ccc(C(=O)COc4ccccc4)cc32)o1. The van der Waals surface area contributed by atoms with Crippen LogP contribution in [0.2, 0.25) is 0 Å². The second-order valence-corrected chi connectivity index (χ2v) is 8.52. The quantitative estimate of drug-likeness (QED) is 0.376. The molecule has 1 aliphatic heterocycles. The normalized spacial score (nSPS) is 12.7. The summed E-state index contributed by atoms with van der Waals surface area (Å²) in [6.45, 7) is 7.08. The number of likely N-dealkylation sites (N-methyl/N-ethyl adjacent to an activating group) is 1. The van der Waals surface area contributed by atoms with E-state index in [9.17, 15) is 14.4 Å². The third-order valence-electron chi connectivity index (χ3n) is 6.14. The van der Waals surface area contributed by atoms with E-state index in [1.54, 1.807) is 42.5 Å². The monoisotopic (exact) mass is 505 g/mol. The number of Topliss-reactive ketones (excluding diaryl/α,β-unsaturated/α-hetero) is 1. The molecule has 0 spiro atoms. The second kappa shape index (κ2) is 12.2. The van der Waals surface area contributed by atoms with E-state index in [1.807, 2.05) is 18.2 Å². The molecular formula is C28H31N3O6. The summed E-state index contributed by atoms with van der Waals surface area (Å²) in [6.07, 6.45) is 0. The molecule has 9 heteroatoms. The Morgan fingerprint density at radius 2 is 1.84 bits per heavy atom. The minimum atomic E-state index is -0.307. The molecule has 9 nitrogen and oxygen atoms in total. The van der Waals surface area contributed by atoms with Crippen molar-refractivity contribution < 1.29 is 28.3 Å². The van der Waals surface area contributed by atoms with Crippen molar-refractivity contribution in [2.24, 2.45) is 0 Å². The summed E-state index contributed by atoms with van der Waals surface area (Å²) in [5, 5.41) is 2.86. The number of hydrogen-bond donors (Lipinski definition) is 1. The average molecular weight is 506 g/mol. The predicted molar refractivity (Wildman–Crippen MR) is 138 cm³/mol. The molecule has 0 unspecified atom stereocenters. The van der Waals surface area contributed by atoms with Crippen molar-refractivity contribution in [3.8, 4) is 11.5 Å². The standard InChI is InChI=1S/C28H31N3O6/c1-3-30(4-2)15-14-29-28(34)26-13-11-22(37-26)17-31-23-16-20(10-12-25(23)36-19-27(31)33)24(32)18-35-21-8-6-5-7-9-21/h5-13,16H,3-4,14-15,17-19H2,1-2H3,(H,29,34). The molecule has 0 bridgehead atoms. The van der Waals surface area contributed by atoms with Crippen molar-refractivity contribution in [3.63, 3.8) is 0 Å². The Morgan fingerprint density at radius 1 is 1.05 bits per heavy atom. The van der Waals surface area contributed by atoms with E-state index in [0.29, 0.717) is 35.1 Å². The number of carbonyl (C=O) groups excluding carboxylic acids is 3. The van der Waals surface area contributed by atoms with Crippen LogP contribution in [0.15, 0.2) is 65.1 Å². The van der Waals surface area contributed by atoms with Crippen LogP contribution < -0.4 is 19.7 Å². The molecule has 37 heavy (non-hydrogen) atoms. The Labute approximate surface area is 215 Å². The summed E-state index contributed by atoms with van der Waals surface area (Å²) in [4.78, 5) is 41.7. The maximum atomic E-state index is 12.8. The number of ether oxygens (including phenoxy) is 2. The number of carbonyl (C=O) groups is 3. The number of hydrogen-bond acceptors (Lipinski definition) is 7. The summed E-state index contributed by atoms with van der Waals surface area (Å²) in [5.74, 6) is 0.890. The highest BCUT2D eigenvalue weighted by molar-refractivity contribution is 6.02. The molecule has 1 aliphatic rings. The maximum absolute atomic E-state index is 12.8. The number of para-hydroxylation sites is 1. The maximum Gasteiger partial charge on any atom is 0.287 e. The smallest absolute Gasteiger partial charge is 0.287 e. The lowest BCUT2D eigenvalue weighted by Gasteiger charge is -2.29. The van der Waals surface area contributed by atoms with E-state index >= 15 is 0 Å². The Kier molecular flexibility index (Phi) is 8.58. The van der Waals surface area contributed by atoms with Gasteiger partial charge in [0.1, 0.15) is 17.3 Å². The van der Waals surface area contributed by atoms with Gasteiger partial charge in [0.25, 0.3) is 11.8 Å². The topological polar surface area (TPSA) is 101 Å². The Balaban J connectivity index is 1.42. The van der Waals surface area contributed by atoms with Crippen molar-refractivity contribution in [1.29, 1.82) is 0 Å². The van der Waals surface area contributed by atoms with Gasteiger partial charge in [0, 0.05) is 18.7 Å². The number of rotatable bonds is 12. The average Bonchev–Trinajstić information content (AvgIpc) is 3.40. The van der Waals surface area contributed by atoms with Gasteiger partial charge in [-0.05, 0) is 55.6 Å². The molecule has 3 aromatic rings. The zero-order valence-electron chi connectivity index (χ0n) is 21.1. The predicted octanol–water partition coefficient (Wildman–Crippen LogP) is 3.54. The van der Waals surface area contributed by atoms with Crippen molar-refractivity contribution in [2.75, 3.05) is 44.3 Å². The minimum absolute atomic E-state index is 0.0973. The van der Waals surface area contributed by atoms with Gasteiger partial charge in [0.15, 0.2) is 24.8 Å². The first kappa shape index (κ1) is 26.0. The number of fused-ring (bicyclic) bond motifs is 1. The molecule has 0 atom stereocenters. The lowest BCUT2D eigenvalue weighted by atomic mass is 10.1. The van der Waals surface area contributed by atoms with Crippen molar-refractivity contribution in [1.82, 2.24) is 10.2 Å². The van der Waals surface area contributed by atoms with Gasteiger partial charge in [0.2, 0.25) is 0 Å². The van der Waals surface area contributed by atoms with Crippen LogP contribution in [0.3, 0.4) is 0 Å². The zero-order chi connectivity index (χ0) is 26.2. The van der Waals surface area contributed by atoms with Gasteiger partial charge in [-0.2, -0.15) is 0 Å². The Hall–Kier alpha value is -4.11. The first-order valence-electron chi connectivity index (χ1n) is 12.4. The lowest BCUT2D eigenvalue weighted by molar-refractivity contribution is -0.121. The fourth-order valence-corrected chi connectivity index (χ4v) is 3.99. The van der Waals surface area contributed by atoms with Crippen LogP contribution in [0.5, 0.6) is 11.5 Å². The van der Waals surface area contributed by atoms with Gasteiger partial charge in [-0.25, -0.2) is 0 Å². The van der Waals surface area contributed by atoms with Crippen molar-refractivity contribution in [3.05, 3.63) is 77.7 Å². The van der Waals surface area contributed by atoms with Crippen LogP contribution in [0.4, 0.5) is 5.69 Å². The summed E-state index contributed by atoms with van der Waals surface area (Å²) in [6, 6.07) is 17.3. The van der Waals surface area contributed by atoms with E-state index < -0.39 is 0 Å². The molecule has 0 fully saturated rings. The van der Waals surface area contributed by atoms with E-state index in [2.05, 4.69) is 24.1 Å². The molecule has 2 heterocycles. The van der Waals surface area contributed by atoms with Gasteiger partial charge >= 0.3 is 0 Å². The number of benzene rings is 2. The molecule has 0 aliphatic carbocycles. The lowest BCUT2D eigenvalue weighted by Crippen LogP contribution is -2.38. The number of nitrogens with one attached hydrogen (secondary N) is 1. The van der Waals surface area contributed by atoms with Gasteiger partial charge in [-0.15, -0.1) is 0 Å². The zero-order valence-corrected chi connectivity index (χ0v) is 21.1. The van der Waals surface area contributed by atoms with E-state index in [0.717, 1.165) is 19.6 Å². The van der Waals surface area contributed by atoms with Gasteiger partial charge in [0.05, 0.1) is 12.2 Å². The van der Waals surface area contributed by atoms with Crippen molar-refractivity contribution in [2.45, 2.75) is 20.4 Å². The largest absolute Gasteiger partial charge is 0.485 e. The molecule has 1 N–H and O–H groups in total. The highest BCUT2D eigenvalue weighted by Gasteiger charge is 2.28. The fraction of sp³-hybridized carbons (Fsp3) is 0.321. The van der Waals surface area contributed by atoms with Crippen molar-refractivity contribution >= 4 is 23.3 Å². The third kappa shape index (κ3) is 6.56. The number of anilines is 1. The van der Waals surface area contributed by atoms with Crippen LogP contribution in [0, 0.1) is 0 Å². The number of ketones is 1. The number of amides is 2. The van der Waals surface area contributed by atoms with Crippen LogP contribution in [-0.2, 0) is 11.3 Å². The van der Waals surface area contributed by atoms with Gasteiger partial charge in [-0.1, -0.05) is 32.0 Å². The molecule has 0 saturated heterocycles. The molecule has 1 aromatic heterocycles. The van der Waals surface area contributed by atoms with Gasteiger partial charge in [-0.3, -0.25) is 19.3 Å². The molecule has 0 radical (unpaired) electrons. The fourth-order valence-electron chi connectivity index (χ4n) is 3.99. The first-order chi connectivity index (χ1) is 18.0. The van der Waals surface area contributed by atoms with E-state index in [4.69, 9.17) is 13.9 Å². The third-order valence-corrected chi connectivity index (χ3v) is 6.14. The summed E-state index contributed by atoms with van der Waals surface area (Å²) in [7, 11) is 0.